The largest absolute Gasteiger partial charge is 0.357 e. The molecule has 37 heavy (non-hydrogen) atoms. The monoisotopic (exact) mass is 561 g/mol. The number of hydrogen-bond acceptors (Lipinski definition) is 4. The van der Waals surface area contributed by atoms with E-state index < -0.39 is 28.5 Å². The van der Waals surface area contributed by atoms with Gasteiger partial charge in [-0.05, 0) is 49.2 Å². The molecule has 7 nitrogen and oxygen atoms in total. The number of aryl methyl sites for hydroxylation is 1. The van der Waals surface area contributed by atoms with Gasteiger partial charge in [-0.15, -0.1) is 0 Å². The second-order valence-corrected chi connectivity index (χ2v) is 11.2. The molecule has 1 N–H and O–H groups in total. The molecule has 3 aromatic rings. The van der Waals surface area contributed by atoms with E-state index in [1.807, 2.05) is 31.2 Å². The summed E-state index contributed by atoms with van der Waals surface area (Å²) in [5.74, 6) is -0.895. The third-order valence-electron chi connectivity index (χ3n) is 5.86. The first-order valence-corrected chi connectivity index (χ1v) is 13.9. The van der Waals surface area contributed by atoms with Gasteiger partial charge >= 0.3 is 0 Å². The van der Waals surface area contributed by atoms with E-state index in [4.69, 9.17) is 23.2 Å². The Bertz CT molecular complexity index is 1370. The Hall–Kier alpha value is -3.07. The summed E-state index contributed by atoms with van der Waals surface area (Å²) in [6, 6.07) is 18.9. The number of halogens is 2. The third-order valence-corrected chi connectivity index (χ3v) is 8.17. The Morgan fingerprint density at radius 3 is 2.27 bits per heavy atom. The molecule has 0 saturated carbocycles. The Labute approximate surface area is 228 Å². The minimum Gasteiger partial charge on any atom is -0.357 e. The highest BCUT2D eigenvalue weighted by Gasteiger charge is 2.34. The van der Waals surface area contributed by atoms with Crippen molar-refractivity contribution in [2.45, 2.75) is 37.8 Å². The van der Waals surface area contributed by atoms with Crippen LogP contribution in [0.25, 0.3) is 0 Å². The summed E-state index contributed by atoms with van der Waals surface area (Å²) < 4.78 is 28.5. The molecule has 3 rings (SSSR count). The molecule has 0 aliphatic carbocycles. The van der Waals surface area contributed by atoms with Crippen molar-refractivity contribution in [2.75, 3.05) is 17.9 Å². The number of likely N-dealkylation sites (N-methyl/N-ethyl adjacent to an activating group) is 1. The summed E-state index contributed by atoms with van der Waals surface area (Å²) in [5.41, 5.74) is 1.92. The first-order chi connectivity index (χ1) is 17.6. The molecule has 0 fully saturated rings. The van der Waals surface area contributed by atoms with Gasteiger partial charge in [0.05, 0.1) is 15.6 Å². The van der Waals surface area contributed by atoms with E-state index in [1.54, 1.807) is 25.1 Å². The molecule has 0 bridgehead atoms. The SMILES string of the molecule is CC[C@H](C(=O)NC)N(Cc1cccc(C)c1)C(=O)CN(c1ccc(Cl)cc1Cl)S(=O)(=O)c1ccccc1. The van der Waals surface area contributed by atoms with Gasteiger partial charge in [-0.1, -0.05) is 78.2 Å². The number of benzene rings is 3. The molecule has 2 amide bonds. The predicted molar refractivity (Wildman–Crippen MR) is 147 cm³/mol. The Morgan fingerprint density at radius 1 is 0.973 bits per heavy atom. The highest BCUT2D eigenvalue weighted by Crippen LogP contribution is 2.33. The van der Waals surface area contributed by atoms with E-state index in [2.05, 4.69) is 5.32 Å². The van der Waals surface area contributed by atoms with Gasteiger partial charge in [0.15, 0.2) is 0 Å². The summed E-state index contributed by atoms with van der Waals surface area (Å²) in [6.45, 7) is 3.28. The molecule has 0 heterocycles. The lowest BCUT2D eigenvalue weighted by Gasteiger charge is -2.33. The molecule has 0 unspecified atom stereocenters. The fourth-order valence-electron chi connectivity index (χ4n) is 4.01. The molecule has 0 spiro atoms. The maximum absolute atomic E-state index is 13.9. The Morgan fingerprint density at radius 2 is 1.68 bits per heavy atom. The fraction of sp³-hybridized carbons (Fsp3) is 0.259. The van der Waals surface area contributed by atoms with Crippen LogP contribution in [0.4, 0.5) is 5.69 Å². The first kappa shape index (κ1) is 28.5. The van der Waals surface area contributed by atoms with Crippen molar-refractivity contribution in [1.29, 1.82) is 0 Å². The Kier molecular flexibility index (Phi) is 9.59. The van der Waals surface area contributed by atoms with E-state index in [9.17, 15) is 18.0 Å². The zero-order valence-electron chi connectivity index (χ0n) is 20.8. The van der Waals surface area contributed by atoms with Crippen LogP contribution in [-0.2, 0) is 26.2 Å². The number of nitrogens with zero attached hydrogens (tertiary/aromatic N) is 2. The van der Waals surface area contributed by atoms with Crippen LogP contribution in [0.1, 0.15) is 24.5 Å². The van der Waals surface area contributed by atoms with Gasteiger partial charge < -0.3 is 10.2 Å². The van der Waals surface area contributed by atoms with Crippen molar-refractivity contribution in [2.24, 2.45) is 0 Å². The molecule has 0 aliphatic heterocycles. The maximum atomic E-state index is 13.9. The summed E-state index contributed by atoms with van der Waals surface area (Å²) >= 11 is 12.5. The molecular weight excluding hydrogens is 533 g/mol. The molecule has 0 aromatic heterocycles. The number of carbonyl (C=O) groups is 2. The van der Waals surface area contributed by atoms with E-state index in [0.717, 1.165) is 15.4 Å². The van der Waals surface area contributed by atoms with Gasteiger partial charge in [-0.3, -0.25) is 13.9 Å². The van der Waals surface area contributed by atoms with Gasteiger partial charge in [0.1, 0.15) is 12.6 Å². The molecule has 0 aliphatic rings. The number of amides is 2. The van der Waals surface area contributed by atoms with Crippen LogP contribution in [0.3, 0.4) is 0 Å². The van der Waals surface area contributed by atoms with Crippen molar-refractivity contribution >= 4 is 50.7 Å². The second kappa shape index (κ2) is 12.4. The molecule has 3 aromatic carbocycles. The van der Waals surface area contributed by atoms with Gasteiger partial charge in [0.2, 0.25) is 11.8 Å². The van der Waals surface area contributed by atoms with Crippen LogP contribution in [-0.4, -0.2) is 44.8 Å². The van der Waals surface area contributed by atoms with Crippen LogP contribution in [0.15, 0.2) is 77.7 Å². The second-order valence-electron chi connectivity index (χ2n) is 8.47. The van der Waals surface area contributed by atoms with Crippen molar-refractivity contribution in [3.63, 3.8) is 0 Å². The van der Waals surface area contributed by atoms with Gasteiger partial charge in [0.25, 0.3) is 10.0 Å². The van der Waals surface area contributed by atoms with Gasteiger partial charge in [-0.25, -0.2) is 8.42 Å². The van der Waals surface area contributed by atoms with Crippen LogP contribution in [0.2, 0.25) is 10.0 Å². The molecular formula is C27H29Cl2N3O4S. The number of hydrogen-bond donors (Lipinski definition) is 1. The molecule has 196 valence electrons. The standard InChI is InChI=1S/C27H29Cl2N3O4S/c1-4-24(27(34)30-3)31(17-20-10-8-9-19(2)15-20)26(33)18-32(25-14-13-21(28)16-23(25)29)37(35,36)22-11-6-5-7-12-22/h5-16,24H,4,17-18H2,1-3H3,(H,30,34)/t24-/m1/s1. The molecule has 0 saturated heterocycles. The molecule has 10 heteroatoms. The fourth-order valence-corrected chi connectivity index (χ4v) is 6.02. The van der Waals surface area contributed by atoms with Crippen LogP contribution in [0.5, 0.6) is 0 Å². The zero-order valence-corrected chi connectivity index (χ0v) is 23.1. The van der Waals surface area contributed by atoms with Crippen molar-refractivity contribution < 1.29 is 18.0 Å². The van der Waals surface area contributed by atoms with E-state index in [0.29, 0.717) is 11.4 Å². The average molecular weight is 563 g/mol. The quantitative estimate of drug-likeness (QED) is 0.375. The van der Waals surface area contributed by atoms with Gasteiger partial charge in [-0.2, -0.15) is 0 Å². The number of rotatable bonds is 10. The summed E-state index contributed by atoms with van der Waals surface area (Å²) in [4.78, 5) is 28.0. The number of nitrogens with one attached hydrogen (secondary N) is 1. The van der Waals surface area contributed by atoms with Gasteiger partial charge in [0, 0.05) is 18.6 Å². The summed E-state index contributed by atoms with van der Waals surface area (Å²) in [6.07, 6.45) is 0.338. The summed E-state index contributed by atoms with van der Waals surface area (Å²) in [5, 5.41) is 3.00. The maximum Gasteiger partial charge on any atom is 0.264 e. The topological polar surface area (TPSA) is 86.8 Å². The van der Waals surface area contributed by atoms with Crippen molar-refractivity contribution in [3.8, 4) is 0 Å². The molecule has 0 radical (unpaired) electrons. The summed E-state index contributed by atoms with van der Waals surface area (Å²) in [7, 11) is -2.70. The van der Waals surface area contributed by atoms with Crippen LogP contribution >= 0.6 is 23.2 Å². The number of sulfonamides is 1. The lowest BCUT2D eigenvalue weighted by Crippen LogP contribution is -2.51. The van der Waals surface area contributed by atoms with Crippen molar-refractivity contribution in [1.82, 2.24) is 10.2 Å². The highest BCUT2D eigenvalue weighted by atomic mass is 35.5. The zero-order chi connectivity index (χ0) is 27.2. The highest BCUT2D eigenvalue weighted by molar-refractivity contribution is 7.92. The number of carbonyl (C=O) groups excluding carboxylic acids is 2. The third kappa shape index (κ3) is 6.83. The minimum absolute atomic E-state index is 0.00241. The van der Waals surface area contributed by atoms with E-state index in [1.165, 1.54) is 42.3 Å². The predicted octanol–water partition coefficient (Wildman–Crippen LogP) is 5.05. The molecule has 1 atom stereocenters. The lowest BCUT2D eigenvalue weighted by molar-refractivity contribution is -0.140. The Balaban J connectivity index is 2.09. The first-order valence-electron chi connectivity index (χ1n) is 11.7. The normalized spacial score (nSPS) is 12.0. The minimum atomic E-state index is -4.20. The smallest absolute Gasteiger partial charge is 0.264 e. The average Bonchev–Trinajstić information content (AvgIpc) is 2.87. The number of anilines is 1. The van der Waals surface area contributed by atoms with Crippen LogP contribution in [0, 0.1) is 6.92 Å². The van der Waals surface area contributed by atoms with E-state index >= 15 is 0 Å². The van der Waals surface area contributed by atoms with Crippen molar-refractivity contribution in [3.05, 3.63) is 94.0 Å². The van der Waals surface area contributed by atoms with Crippen LogP contribution < -0.4 is 9.62 Å². The van der Waals surface area contributed by atoms with E-state index in [-0.39, 0.29) is 28.1 Å². The lowest BCUT2D eigenvalue weighted by atomic mass is 10.1.